The molecule has 0 saturated carbocycles. The van der Waals surface area contributed by atoms with Gasteiger partial charge in [0.2, 0.25) is 0 Å². The molecule has 1 fully saturated rings. The van der Waals surface area contributed by atoms with E-state index in [1.54, 1.807) is 6.92 Å². The molecule has 1 rings (SSSR count). The van der Waals surface area contributed by atoms with Crippen molar-refractivity contribution in [1.29, 1.82) is 0 Å². The van der Waals surface area contributed by atoms with Crippen LogP contribution in [0.2, 0.25) is 0 Å². The van der Waals surface area contributed by atoms with Gasteiger partial charge in [-0.15, -0.1) is 0 Å². The van der Waals surface area contributed by atoms with Crippen LogP contribution < -0.4 is 0 Å². The fourth-order valence-corrected chi connectivity index (χ4v) is 1.71. The fourth-order valence-electron chi connectivity index (χ4n) is 1.71. The Morgan fingerprint density at radius 1 is 1.31 bits per heavy atom. The third-order valence-electron chi connectivity index (χ3n) is 2.59. The Kier molecular flexibility index (Phi) is 4.28. The fraction of sp³-hybridized carbons (Fsp3) is 0.700. The number of amides is 1. The number of carbonyl (C=O) groups is 3. The highest BCUT2D eigenvalue weighted by molar-refractivity contribution is 6.31. The molecule has 0 aliphatic carbocycles. The highest BCUT2D eigenvalue weighted by Crippen LogP contribution is 2.18. The molecule has 0 radical (unpaired) electrons. The molecule has 0 aromatic rings. The van der Waals surface area contributed by atoms with E-state index in [1.807, 2.05) is 0 Å². The predicted molar refractivity (Wildman–Crippen MR) is 53.6 cm³/mol. The van der Waals surface area contributed by atoms with E-state index < -0.39 is 11.9 Å². The van der Waals surface area contributed by atoms with Crippen LogP contribution in [0.3, 0.4) is 0 Å². The second kappa shape index (κ2) is 5.48. The van der Waals surface area contributed by atoms with Crippen molar-refractivity contribution in [3.63, 3.8) is 0 Å². The summed E-state index contributed by atoms with van der Waals surface area (Å²) in [6.45, 7) is 2.68. The number of aliphatic carboxylic acids is 1. The minimum atomic E-state index is -1.45. The lowest BCUT2D eigenvalue weighted by atomic mass is 9.97. The van der Waals surface area contributed by atoms with Gasteiger partial charge in [-0.1, -0.05) is 0 Å². The van der Waals surface area contributed by atoms with E-state index in [1.165, 1.54) is 4.90 Å². The zero-order valence-corrected chi connectivity index (χ0v) is 9.14. The quantitative estimate of drug-likeness (QED) is 0.527. The van der Waals surface area contributed by atoms with Gasteiger partial charge in [-0.25, -0.2) is 4.79 Å². The summed E-state index contributed by atoms with van der Waals surface area (Å²) in [5.41, 5.74) is 0. The molecule has 1 saturated heterocycles. The number of carboxylic acid groups (broad SMARTS) is 1. The van der Waals surface area contributed by atoms with E-state index >= 15 is 0 Å². The Morgan fingerprint density at radius 2 is 1.88 bits per heavy atom. The van der Waals surface area contributed by atoms with E-state index in [9.17, 15) is 14.4 Å². The first-order valence-electron chi connectivity index (χ1n) is 5.25. The molecule has 0 aromatic carbocycles. The number of carboxylic acids is 1. The summed E-state index contributed by atoms with van der Waals surface area (Å²) in [6.07, 6.45) is 0.940. The Morgan fingerprint density at radius 3 is 2.31 bits per heavy atom. The SMILES string of the molecule is CCOC(=O)C1CCN(C(=O)C(=O)O)CC1. The number of likely N-dealkylation sites (tertiary alicyclic amines) is 1. The van der Waals surface area contributed by atoms with Gasteiger partial charge in [0.15, 0.2) is 0 Å². The van der Waals surface area contributed by atoms with Crippen LogP contribution in [0.1, 0.15) is 19.8 Å². The van der Waals surface area contributed by atoms with Gasteiger partial charge in [-0.2, -0.15) is 0 Å². The molecule has 1 N–H and O–H groups in total. The molecule has 0 bridgehead atoms. The Labute approximate surface area is 93.2 Å². The summed E-state index contributed by atoms with van der Waals surface area (Å²) in [4.78, 5) is 34.2. The van der Waals surface area contributed by atoms with E-state index in [0.29, 0.717) is 32.5 Å². The van der Waals surface area contributed by atoms with Gasteiger partial charge in [-0.3, -0.25) is 9.59 Å². The second-order valence-corrected chi connectivity index (χ2v) is 3.62. The zero-order valence-electron chi connectivity index (χ0n) is 9.14. The molecule has 0 atom stereocenters. The summed E-state index contributed by atoms with van der Waals surface area (Å²) >= 11 is 0. The van der Waals surface area contributed by atoms with Crippen LogP contribution in [-0.4, -0.2) is 47.5 Å². The zero-order chi connectivity index (χ0) is 12.1. The van der Waals surface area contributed by atoms with E-state index in [0.717, 1.165) is 0 Å². The maximum absolute atomic E-state index is 11.4. The Balaban J connectivity index is 2.42. The van der Waals surface area contributed by atoms with Crippen molar-refractivity contribution >= 4 is 17.8 Å². The van der Waals surface area contributed by atoms with Gasteiger partial charge in [-0.05, 0) is 19.8 Å². The van der Waals surface area contributed by atoms with Crippen molar-refractivity contribution in [1.82, 2.24) is 4.90 Å². The second-order valence-electron chi connectivity index (χ2n) is 3.62. The maximum atomic E-state index is 11.4. The van der Waals surface area contributed by atoms with Gasteiger partial charge in [0.1, 0.15) is 0 Å². The molecule has 6 heteroatoms. The number of piperidine rings is 1. The molecule has 6 nitrogen and oxygen atoms in total. The number of rotatable bonds is 2. The normalized spacial score (nSPS) is 16.9. The van der Waals surface area contributed by atoms with Crippen LogP contribution in [0.15, 0.2) is 0 Å². The van der Waals surface area contributed by atoms with Gasteiger partial charge < -0.3 is 14.7 Å². The standard InChI is InChI=1S/C10H15NO5/c1-2-16-10(15)7-3-5-11(6-4-7)8(12)9(13)14/h7H,2-6H2,1H3,(H,13,14). The lowest BCUT2D eigenvalue weighted by Crippen LogP contribution is -2.43. The largest absolute Gasteiger partial charge is 0.474 e. The van der Waals surface area contributed by atoms with E-state index in [4.69, 9.17) is 9.84 Å². The van der Waals surface area contributed by atoms with Crippen molar-refractivity contribution in [2.45, 2.75) is 19.8 Å². The first kappa shape index (κ1) is 12.5. The van der Waals surface area contributed by atoms with Gasteiger partial charge in [0, 0.05) is 13.1 Å². The molecular weight excluding hydrogens is 214 g/mol. The van der Waals surface area contributed by atoms with Crippen LogP contribution in [-0.2, 0) is 19.1 Å². The molecule has 0 spiro atoms. The average Bonchev–Trinajstić information content (AvgIpc) is 2.28. The van der Waals surface area contributed by atoms with Crippen LogP contribution in [0.4, 0.5) is 0 Å². The molecule has 16 heavy (non-hydrogen) atoms. The molecule has 0 unspecified atom stereocenters. The third-order valence-corrected chi connectivity index (χ3v) is 2.59. The Hall–Kier alpha value is -1.59. The van der Waals surface area contributed by atoms with E-state index in [2.05, 4.69) is 0 Å². The first-order valence-corrected chi connectivity index (χ1v) is 5.25. The number of hydrogen-bond acceptors (Lipinski definition) is 4. The monoisotopic (exact) mass is 229 g/mol. The predicted octanol–water partition coefficient (Wildman–Crippen LogP) is -0.127. The lowest BCUT2D eigenvalue weighted by Gasteiger charge is -2.29. The number of carbonyl (C=O) groups excluding carboxylic acids is 2. The van der Waals surface area contributed by atoms with Gasteiger partial charge in [0.05, 0.1) is 12.5 Å². The number of hydrogen-bond donors (Lipinski definition) is 1. The van der Waals surface area contributed by atoms with Crippen molar-refractivity contribution < 1.29 is 24.2 Å². The van der Waals surface area contributed by atoms with Crippen molar-refractivity contribution in [3.05, 3.63) is 0 Å². The first-order chi connectivity index (χ1) is 7.56. The van der Waals surface area contributed by atoms with Crippen molar-refractivity contribution in [3.8, 4) is 0 Å². The van der Waals surface area contributed by atoms with Gasteiger partial charge >= 0.3 is 17.8 Å². The molecule has 1 aliphatic rings. The molecule has 1 aliphatic heterocycles. The molecule has 1 heterocycles. The van der Waals surface area contributed by atoms with Crippen LogP contribution in [0.5, 0.6) is 0 Å². The number of ether oxygens (including phenoxy) is 1. The summed E-state index contributed by atoms with van der Waals surface area (Å²) in [5, 5.41) is 8.51. The highest BCUT2D eigenvalue weighted by atomic mass is 16.5. The molecule has 0 aromatic heterocycles. The Bertz CT molecular complexity index is 294. The minimum absolute atomic E-state index is 0.210. The van der Waals surface area contributed by atoms with E-state index in [-0.39, 0.29) is 11.9 Å². The van der Waals surface area contributed by atoms with Gasteiger partial charge in [0.25, 0.3) is 0 Å². The molecular formula is C10H15NO5. The van der Waals surface area contributed by atoms with Crippen molar-refractivity contribution in [2.75, 3.05) is 19.7 Å². The average molecular weight is 229 g/mol. The summed E-state index contributed by atoms with van der Waals surface area (Å²) < 4.78 is 4.87. The van der Waals surface area contributed by atoms with Crippen LogP contribution >= 0.6 is 0 Å². The summed E-state index contributed by atoms with van der Waals surface area (Å²) in [6, 6.07) is 0. The van der Waals surface area contributed by atoms with Crippen LogP contribution in [0, 0.1) is 5.92 Å². The topological polar surface area (TPSA) is 83.9 Å². The third kappa shape index (κ3) is 2.95. The lowest BCUT2D eigenvalue weighted by molar-refractivity contribution is -0.158. The molecule has 1 amide bonds. The van der Waals surface area contributed by atoms with Crippen LogP contribution in [0.25, 0.3) is 0 Å². The highest BCUT2D eigenvalue weighted by Gasteiger charge is 2.30. The van der Waals surface area contributed by atoms with Crippen molar-refractivity contribution in [2.24, 2.45) is 5.92 Å². The maximum Gasteiger partial charge on any atom is 0.394 e. The smallest absolute Gasteiger partial charge is 0.394 e. The molecule has 90 valence electrons. The minimum Gasteiger partial charge on any atom is -0.474 e. The summed E-state index contributed by atoms with van der Waals surface area (Å²) in [7, 11) is 0. The summed E-state index contributed by atoms with van der Waals surface area (Å²) in [5.74, 6) is -2.82. The number of esters is 1. The number of nitrogens with zero attached hydrogens (tertiary/aromatic N) is 1.